The van der Waals surface area contributed by atoms with Gasteiger partial charge in [-0.25, -0.2) is 15.0 Å². The largest absolute Gasteiger partial charge is 0.208 e. The molecule has 0 spiro atoms. The van der Waals surface area contributed by atoms with Crippen LogP contribution in [-0.4, -0.2) is 15.0 Å². The highest BCUT2D eigenvalue weighted by molar-refractivity contribution is 6.25. The average molecular weight is 804 g/mol. The van der Waals surface area contributed by atoms with Gasteiger partial charge in [0.05, 0.1) is 0 Å². The van der Waals surface area contributed by atoms with Crippen molar-refractivity contribution in [2.75, 3.05) is 0 Å². The van der Waals surface area contributed by atoms with Crippen LogP contribution in [0.15, 0.2) is 212 Å². The minimum Gasteiger partial charge on any atom is -0.208 e. The Morgan fingerprint density at radius 3 is 1.32 bits per heavy atom. The fourth-order valence-electron chi connectivity index (χ4n) is 9.85. The molecule has 1 aromatic heterocycles. The van der Waals surface area contributed by atoms with Crippen LogP contribution in [0, 0.1) is 0 Å². The molecule has 1 aliphatic rings. The molecule has 0 unspecified atom stereocenters. The van der Waals surface area contributed by atoms with Crippen LogP contribution in [0.3, 0.4) is 0 Å². The number of benzene rings is 10. The fourth-order valence-corrected chi connectivity index (χ4v) is 9.85. The summed E-state index contributed by atoms with van der Waals surface area (Å²) in [7, 11) is 0. The zero-order valence-corrected chi connectivity index (χ0v) is 35.0. The third-order valence-corrected chi connectivity index (χ3v) is 13.1. The van der Waals surface area contributed by atoms with E-state index in [1.54, 1.807) is 0 Å². The molecule has 0 atom stereocenters. The van der Waals surface area contributed by atoms with Crippen LogP contribution < -0.4 is 0 Å². The van der Waals surface area contributed by atoms with E-state index in [1.165, 1.54) is 71.3 Å². The Morgan fingerprint density at radius 2 is 0.651 bits per heavy atom. The van der Waals surface area contributed by atoms with Crippen molar-refractivity contribution in [3.05, 3.63) is 223 Å². The molecular formula is C60H41N3. The summed E-state index contributed by atoms with van der Waals surface area (Å²) in [6.45, 7) is 4.66. The number of aromatic nitrogens is 3. The van der Waals surface area contributed by atoms with Crippen molar-refractivity contribution in [2.45, 2.75) is 19.3 Å². The molecule has 10 aromatic carbocycles. The van der Waals surface area contributed by atoms with Crippen LogP contribution in [0.25, 0.3) is 111 Å². The van der Waals surface area contributed by atoms with Crippen LogP contribution in [0.4, 0.5) is 0 Å². The van der Waals surface area contributed by atoms with Gasteiger partial charge in [-0.05, 0) is 112 Å². The molecule has 296 valence electrons. The molecule has 3 nitrogen and oxygen atoms in total. The smallest absolute Gasteiger partial charge is 0.164 e. The molecule has 0 aliphatic heterocycles. The third kappa shape index (κ3) is 6.23. The first-order valence-corrected chi connectivity index (χ1v) is 21.7. The summed E-state index contributed by atoms with van der Waals surface area (Å²) in [5, 5.41) is 7.32. The van der Waals surface area contributed by atoms with Crippen molar-refractivity contribution in [3.63, 3.8) is 0 Å². The predicted molar refractivity (Wildman–Crippen MR) is 263 cm³/mol. The number of hydrogen-bond donors (Lipinski definition) is 0. The molecule has 0 bridgehead atoms. The van der Waals surface area contributed by atoms with Gasteiger partial charge in [-0.15, -0.1) is 0 Å². The number of fused-ring (bicyclic) bond motifs is 9. The highest BCUT2D eigenvalue weighted by Gasteiger charge is 2.35. The summed E-state index contributed by atoms with van der Waals surface area (Å²) >= 11 is 0. The van der Waals surface area contributed by atoms with E-state index < -0.39 is 0 Å². The van der Waals surface area contributed by atoms with Gasteiger partial charge in [0.1, 0.15) is 0 Å². The molecular weight excluding hydrogens is 763 g/mol. The molecule has 11 aromatic rings. The van der Waals surface area contributed by atoms with Gasteiger partial charge in [0.2, 0.25) is 0 Å². The van der Waals surface area contributed by atoms with E-state index in [9.17, 15) is 0 Å². The minimum atomic E-state index is -0.0658. The first kappa shape index (κ1) is 36.8. The maximum atomic E-state index is 5.26. The van der Waals surface area contributed by atoms with Crippen LogP contribution in [0.5, 0.6) is 0 Å². The molecule has 63 heavy (non-hydrogen) atoms. The zero-order chi connectivity index (χ0) is 42.1. The number of nitrogens with zero attached hydrogens (tertiary/aromatic N) is 3. The lowest BCUT2D eigenvalue weighted by atomic mass is 9.81. The second-order valence-electron chi connectivity index (χ2n) is 17.2. The molecule has 0 fully saturated rings. The van der Waals surface area contributed by atoms with Crippen LogP contribution in [-0.2, 0) is 5.41 Å². The van der Waals surface area contributed by atoms with Crippen molar-refractivity contribution in [3.8, 4) is 78.7 Å². The Labute approximate surface area is 367 Å². The molecule has 12 rings (SSSR count). The van der Waals surface area contributed by atoms with Gasteiger partial charge in [-0.1, -0.05) is 202 Å². The minimum absolute atomic E-state index is 0.0658. The highest BCUT2D eigenvalue weighted by atomic mass is 15.0. The summed E-state index contributed by atoms with van der Waals surface area (Å²) in [4.78, 5) is 15.7. The number of hydrogen-bond acceptors (Lipinski definition) is 3. The Hall–Kier alpha value is -8.01. The van der Waals surface area contributed by atoms with Gasteiger partial charge >= 0.3 is 0 Å². The van der Waals surface area contributed by atoms with E-state index in [1.807, 2.05) is 0 Å². The summed E-state index contributed by atoms with van der Waals surface area (Å²) in [6, 6.07) is 76.2. The highest BCUT2D eigenvalue weighted by Crippen LogP contribution is 2.49. The average Bonchev–Trinajstić information content (AvgIpc) is 3.59. The van der Waals surface area contributed by atoms with Crippen molar-refractivity contribution in [1.82, 2.24) is 15.0 Å². The lowest BCUT2D eigenvalue weighted by molar-refractivity contribution is 0.660. The van der Waals surface area contributed by atoms with Gasteiger partial charge in [-0.2, -0.15) is 0 Å². The van der Waals surface area contributed by atoms with Gasteiger partial charge in [0, 0.05) is 22.1 Å². The summed E-state index contributed by atoms with van der Waals surface area (Å²) < 4.78 is 0. The summed E-state index contributed by atoms with van der Waals surface area (Å²) in [6.07, 6.45) is 0. The van der Waals surface area contributed by atoms with E-state index in [0.29, 0.717) is 17.5 Å². The third-order valence-electron chi connectivity index (χ3n) is 13.1. The second-order valence-corrected chi connectivity index (χ2v) is 17.2. The fraction of sp³-hybridized carbons (Fsp3) is 0.0500. The molecule has 0 saturated carbocycles. The predicted octanol–water partition coefficient (Wildman–Crippen LogP) is 15.6. The first-order chi connectivity index (χ1) is 31.0. The van der Waals surface area contributed by atoms with Crippen molar-refractivity contribution < 1.29 is 0 Å². The van der Waals surface area contributed by atoms with E-state index in [0.717, 1.165) is 33.4 Å². The summed E-state index contributed by atoms with van der Waals surface area (Å²) in [5.41, 5.74) is 15.1. The van der Waals surface area contributed by atoms with Crippen LogP contribution in [0.2, 0.25) is 0 Å². The van der Waals surface area contributed by atoms with Crippen molar-refractivity contribution in [2.24, 2.45) is 0 Å². The van der Waals surface area contributed by atoms with Crippen molar-refractivity contribution >= 4 is 32.3 Å². The molecule has 0 radical (unpaired) electrons. The van der Waals surface area contributed by atoms with Gasteiger partial charge in [-0.3, -0.25) is 0 Å². The Bertz CT molecular complexity index is 3550. The second kappa shape index (κ2) is 14.6. The lowest BCUT2D eigenvalue weighted by Crippen LogP contribution is -2.14. The molecule has 1 heterocycles. The van der Waals surface area contributed by atoms with Crippen LogP contribution >= 0.6 is 0 Å². The molecule has 0 N–H and O–H groups in total. The van der Waals surface area contributed by atoms with Gasteiger partial charge in [0.25, 0.3) is 0 Å². The van der Waals surface area contributed by atoms with Crippen LogP contribution in [0.1, 0.15) is 25.0 Å². The standard InChI is InChI=1S/C60H41N3/c1-60(2)55-25-11-10-24-52(55)53-33-30-44(37-56(53)60)39-26-28-40(29-27-39)57-61-58(45-19-13-18-43(35-45)42-17-12-16-41(34-42)38-14-4-3-5-15-38)63-59(62-57)46-31-32-51-49-22-7-6-20-47(49)48-21-8-9-23-50(48)54(51)36-46/h3-37H,1-2H3. The molecule has 0 saturated heterocycles. The topological polar surface area (TPSA) is 38.7 Å². The zero-order valence-electron chi connectivity index (χ0n) is 35.0. The number of rotatable bonds is 6. The van der Waals surface area contributed by atoms with E-state index >= 15 is 0 Å². The first-order valence-electron chi connectivity index (χ1n) is 21.7. The Balaban J connectivity index is 0.983. The lowest BCUT2D eigenvalue weighted by Gasteiger charge is -2.22. The van der Waals surface area contributed by atoms with Gasteiger partial charge < -0.3 is 0 Å². The quantitative estimate of drug-likeness (QED) is 0.157. The maximum Gasteiger partial charge on any atom is 0.164 e. The SMILES string of the molecule is CC1(C)c2ccccc2-c2ccc(-c3ccc(-c4nc(-c5cccc(-c6cccc(-c7ccccc7)c6)c5)nc(-c5ccc6c7ccccc7c7ccccc7c6c5)n4)cc3)cc21. The van der Waals surface area contributed by atoms with Gasteiger partial charge in [0.15, 0.2) is 17.5 Å². The normalized spacial score (nSPS) is 12.7. The van der Waals surface area contributed by atoms with E-state index in [4.69, 9.17) is 15.0 Å². The summed E-state index contributed by atoms with van der Waals surface area (Å²) in [5.74, 6) is 1.89. The van der Waals surface area contributed by atoms with E-state index in [-0.39, 0.29) is 5.41 Å². The van der Waals surface area contributed by atoms with E-state index in [2.05, 4.69) is 226 Å². The molecule has 3 heteroatoms. The molecule has 0 amide bonds. The Kier molecular flexibility index (Phi) is 8.52. The Morgan fingerprint density at radius 1 is 0.254 bits per heavy atom. The molecule has 1 aliphatic carbocycles. The van der Waals surface area contributed by atoms with Crippen molar-refractivity contribution in [1.29, 1.82) is 0 Å². The maximum absolute atomic E-state index is 5.26. The monoisotopic (exact) mass is 803 g/mol.